The van der Waals surface area contributed by atoms with Gasteiger partial charge in [-0.05, 0) is 66.9 Å². The second kappa shape index (κ2) is 15.8. The van der Waals surface area contributed by atoms with Crippen molar-refractivity contribution in [3.05, 3.63) is 97.1 Å². The van der Waals surface area contributed by atoms with Crippen LogP contribution in [0.4, 0.5) is 4.79 Å². The number of esters is 1. The second-order valence-corrected chi connectivity index (χ2v) is 11.4. The lowest BCUT2D eigenvalue weighted by Crippen LogP contribution is -2.45. The molecular formula is C31H31BrCl2N4O7. The Morgan fingerprint density at radius 1 is 1.09 bits per heavy atom. The van der Waals surface area contributed by atoms with Crippen molar-refractivity contribution in [2.24, 2.45) is 5.10 Å². The maximum Gasteiger partial charge on any atom is 0.337 e. The topological polar surface area (TPSA) is 140 Å². The number of rotatable bonds is 13. The Bertz CT molecular complexity index is 1580. The van der Waals surface area contributed by atoms with Crippen molar-refractivity contribution in [1.29, 1.82) is 0 Å². The van der Waals surface area contributed by atoms with E-state index in [9.17, 15) is 14.7 Å². The minimum absolute atomic E-state index is 0.183. The van der Waals surface area contributed by atoms with Crippen LogP contribution in [0.25, 0.3) is 0 Å². The Morgan fingerprint density at radius 2 is 1.80 bits per heavy atom. The molecule has 0 aromatic heterocycles. The van der Waals surface area contributed by atoms with E-state index in [1.165, 1.54) is 13.3 Å². The number of hydrogen-bond donors (Lipinski definition) is 4. The highest BCUT2D eigenvalue weighted by molar-refractivity contribution is 9.10. The second-order valence-electron chi connectivity index (χ2n) is 9.64. The van der Waals surface area contributed by atoms with E-state index >= 15 is 0 Å². The first-order valence-electron chi connectivity index (χ1n) is 13.7. The molecule has 1 heterocycles. The van der Waals surface area contributed by atoms with E-state index in [4.69, 9.17) is 42.1 Å². The number of nitrogens with one attached hydrogen (secondary N) is 3. The quantitative estimate of drug-likeness (QED) is 0.0746. The van der Waals surface area contributed by atoms with Crippen molar-refractivity contribution >= 4 is 57.3 Å². The van der Waals surface area contributed by atoms with E-state index in [2.05, 4.69) is 37.1 Å². The van der Waals surface area contributed by atoms with Gasteiger partial charge in [-0.3, -0.25) is 5.43 Å². The summed E-state index contributed by atoms with van der Waals surface area (Å²) < 4.78 is 23.2. The third kappa shape index (κ3) is 9.04. The Labute approximate surface area is 278 Å². The molecule has 1 aliphatic rings. The standard InChI is InChI=1S/C31H31BrCl2N4O7/c1-4-43-25-13-20(28-27(30(40)42-3)17(2)36-31(41)37-28)7-10-24(25)44-16-26(39)38-35-14-19-11-22(33)29(23(34)12-19)45-15-18-5-8-21(32)9-6-18/h5-14,26,28,38-39H,4,15-16H2,1-3H3,(H2,36,37,41)/b35-14-/t26-,28-/m1/s1. The number of aliphatic hydroxyl groups excluding tert-OH is 1. The molecule has 2 amide bonds. The number of hydrogen-bond acceptors (Lipinski definition) is 9. The average molecular weight is 722 g/mol. The molecule has 45 heavy (non-hydrogen) atoms. The van der Waals surface area contributed by atoms with E-state index in [0.717, 1.165) is 10.0 Å². The first-order chi connectivity index (χ1) is 21.6. The number of aliphatic hydroxyl groups is 1. The number of benzene rings is 3. The molecule has 4 rings (SSSR count). The van der Waals surface area contributed by atoms with Crippen molar-refractivity contribution < 1.29 is 33.6 Å². The van der Waals surface area contributed by atoms with Gasteiger partial charge in [0, 0.05) is 10.2 Å². The van der Waals surface area contributed by atoms with Crippen LogP contribution in [0, 0.1) is 0 Å². The number of halogens is 3. The molecule has 4 N–H and O–H groups in total. The number of carbonyl (C=O) groups is 2. The van der Waals surface area contributed by atoms with Crippen LogP contribution in [0.1, 0.15) is 36.6 Å². The van der Waals surface area contributed by atoms with Gasteiger partial charge in [0.2, 0.25) is 0 Å². The molecule has 3 aromatic carbocycles. The molecule has 1 aliphatic heterocycles. The van der Waals surface area contributed by atoms with Gasteiger partial charge in [0.05, 0.1) is 41.6 Å². The maximum absolute atomic E-state index is 12.4. The largest absolute Gasteiger partial charge is 0.490 e. The predicted octanol–water partition coefficient (Wildman–Crippen LogP) is 5.86. The van der Waals surface area contributed by atoms with Gasteiger partial charge in [-0.15, -0.1) is 0 Å². The third-order valence-electron chi connectivity index (χ3n) is 6.43. The lowest BCUT2D eigenvalue weighted by atomic mass is 9.95. The number of methoxy groups -OCH3 is 1. The first kappa shape index (κ1) is 33.9. The number of carbonyl (C=O) groups excluding carboxylic acids is 2. The fraction of sp³-hybridized carbons (Fsp3) is 0.258. The Morgan fingerprint density at radius 3 is 2.47 bits per heavy atom. The summed E-state index contributed by atoms with van der Waals surface area (Å²) in [7, 11) is 1.27. The molecule has 238 valence electrons. The van der Waals surface area contributed by atoms with Crippen LogP contribution < -0.4 is 30.3 Å². The van der Waals surface area contributed by atoms with Crippen molar-refractivity contribution in [2.75, 3.05) is 20.3 Å². The highest BCUT2D eigenvalue weighted by Gasteiger charge is 2.32. The zero-order valence-electron chi connectivity index (χ0n) is 24.5. The van der Waals surface area contributed by atoms with Crippen LogP contribution in [0.15, 0.2) is 75.4 Å². The van der Waals surface area contributed by atoms with Crippen molar-refractivity contribution in [1.82, 2.24) is 16.1 Å². The molecular weight excluding hydrogens is 691 g/mol. The Kier molecular flexibility index (Phi) is 11.9. The fourth-order valence-electron chi connectivity index (χ4n) is 4.35. The summed E-state index contributed by atoms with van der Waals surface area (Å²) in [6, 6.07) is 14.7. The number of urea groups is 1. The SMILES string of the molecule is CCOc1cc([C@H]2NC(=O)NC(C)=C2C(=O)OC)ccc1OC[C@@H](O)N/N=C\c1cc(Cl)c(OCc2ccc(Br)cc2)c(Cl)c1. The van der Waals surface area contributed by atoms with Crippen LogP contribution in [-0.4, -0.2) is 49.9 Å². The molecule has 0 radical (unpaired) electrons. The summed E-state index contributed by atoms with van der Waals surface area (Å²) in [6.07, 6.45) is 0.261. The van der Waals surface area contributed by atoms with Crippen molar-refractivity contribution in [3.8, 4) is 17.2 Å². The fourth-order valence-corrected chi connectivity index (χ4v) is 5.23. The summed E-state index contributed by atoms with van der Waals surface area (Å²) in [5.41, 5.74) is 5.33. The summed E-state index contributed by atoms with van der Waals surface area (Å²) in [5.74, 6) is 0.463. The normalized spacial score (nSPS) is 15.3. The molecule has 0 unspecified atom stereocenters. The van der Waals surface area contributed by atoms with Gasteiger partial charge < -0.3 is 34.7 Å². The van der Waals surface area contributed by atoms with Crippen LogP contribution in [0.3, 0.4) is 0 Å². The lowest BCUT2D eigenvalue weighted by Gasteiger charge is -2.28. The monoisotopic (exact) mass is 720 g/mol. The van der Waals surface area contributed by atoms with Gasteiger partial charge in [-0.2, -0.15) is 5.10 Å². The van der Waals surface area contributed by atoms with E-state index in [1.54, 1.807) is 44.2 Å². The molecule has 0 saturated carbocycles. The molecule has 0 saturated heterocycles. The summed E-state index contributed by atoms with van der Waals surface area (Å²) in [5, 5.41) is 20.4. The molecule has 2 atom stereocenters. The zero-order chi connectivity index (χ0) is 32.5. The van der Waals surface area contributed by atoms with Gasteiger partial charge in [0.15, 0.2) is 23.5 Å². The summed E-state index contributed by atoms with van der Waals surface area (Å²) in [6.45, 7) is 3.85. The molecule has 0 bridgehead atoms. The van der Waals surface area contributed by atoms with Crippen molar-refractivity contribution in [3.63, 3.8) is 0 Å². The van der Waals surface area contributed by atoms with Crippen LogP contribution in [0.2, 0.25) is 10.0 Å². The minimum Gasteiger partial charge on any atom is -0.490 e. The highest BCUT2D eigenvalue weighted by Crippen LogP contribution is 2.36. The number of nitrogens with zero attached hydrogens (tertiary/aromatic N) is 1. The van der Waals surface area contributed by atoms with E-state index in [0.29, 0.717) is 57.3 Å². The van der Waals surface area contributed by atoms with E-state index in [-0.39, 0.29) is 12.2 Å². The van der Waals surface area contributed by atoms with Crippen LogP contribution in [-0.2, 0) is 16.1 Å². The molecule has 11 nitrogen and oxygen atoms in total. The average Bonchev–Trinajstić information content (AvgIpc) is 3.00. The van der Waals surface area contributed by atoms with Crippen molar-refractivity contribution in [2.45, 2.75) is 32.7 Å². The van der Waals surface area contributed by atoms with Gasteiger partial charge in [0.25, 0.3) is 0 Å². The summed E-state index contributed by atoms with van der Waals surface area (Å²) >= 11 is 16.2. The van der Waals surface area contributed by atoms with Crippen LogP contribution in [0.5, 0.6) is 17.2 Å². The van der Waals surface area contributed by atoms with E-state index in [1.807, 2.05) is 24.3 Å². The highest BCUT2D eigenvalue weighted by atomic mass is 79.9. The Balaban J connectivity index is 1.37. The predicted molar refractivity (Wildman–Crippen MR) is 174 cm³/mol. The Hall–Kier alpha value is -3.97. The molecule has 3 aromatic rings. The smallest absolute Gasteiger partial charge is 0.337 e. The summed E-state index contributed by atoms with van der Waals surface area (Å²) in [4.78, 5) is 24.6. The lowest BCUT2D eigenvalue weighted by molar-refractivity contribution is -0.136. The van der Waals surface area contributed by atoms with Crippen LogP contribution >= 0.6 is 39.1 Å². The first-order valence-corrected chi connectivity index (χ1v) is 15.2. The van der Waals surface area contributed by atoms with Gasteiger partial charge in [-0.1, -0.05) is 57.3 Å². The third-order valence-corrected chi connectivity index (χ3v) is 7.52. The zero-order valence-corrected chi connectivity index (χ0v) is 27.6. The molecule has 14 heteroatoms. The number of allylic oxidation sites excluding steroid dienone is 1. The molecule has 0 fully saturated rings. The van der Waals surface area contributed by atoms with Gasteiger partial charge >= 0.3 is 12.0 Å². The number of amides is 2. The minimum atomic E-state index is -1.19. The van der Waals surface area contributed by atoms with Gasteiger partial charge in [0.1, 0.15) is 13.2 Å². The number of hydrazone groups is 1. The molecule has 0 aliphatic carbocycles. The molecule has 0 spiro atoms. The van der Waals surface area contributed by atoms with Gasteiger partial charge in [-0.25, -0.2) is 9.59 Å². The van der Waals surface area contributed by atoms with E-state index < -0.39 is 24.3 Å². The number of ether oxygens (including phenoxy) is 4. The maximum atomic E-state index is 12.4.